The lowest BCUT2D eigenvalue weighted by Crippen LogP contribution is -2.54. The summed E-state index contributed by atoms with van der Waals surface area (Å²) in [5, 5.41) is 0. The fourth-order valence-corrected chi connectivity index (χ4v) is 3.76. The summed E-state index contributed by atoms with van der Waals surface area (Å²) in [5.41, 5.74) is 0.508. The van der Waals surface area contributed by atoms with Crippen LogP contribution in [0.15, 0.2) is 47.5 Å². The topological polar surface area (TPSA) is 49.7 Å². The Morgan fingerprint density at radius 2 is 1.63 bits per heavy atom. The predicted octanol–water partition coefficient (Wildman–Crippen LogP) is 3.97. The van der Waals surface area contributed by atoms with Gasteiger partial charge in [-0.2, -0.15) is 0 Å². The van der Waals surface area contributed by atoms with E-state index in [0.717, 1.165) is 31.4 Å². The van der Waals surface area contributed by atoms with Crippen LogP contribution in [0.3, 0.4) is 0 Å². The number of nitrogens with zero attached hydrogens (tertiary/aromatic N) is 2. The van der Waals surface area contributed by atoms with E-state index < -0.39 is 17.7 Å². The summed E-state index contributed by atoms with van der Waals surface area (Å²) >= 11 is 0. The van der Waals surface area contributed by atoms with E-state index in [4.69, 9.17) is 0 Å². The summed E-state index contributed by atoms with van der Waals surface area (Å²) in [7, 11) is 0. The van der Waals surface area contributed by atoms with Gasteiger partial charge in [0.05, 0.1) is 5.69 Å². The van der Waals surface area contributed by atoms with Gasteiger partial charge in [-0.1, -0.05) is 30.7 Å². The van der Waals surface area contributed by atoms with Gasteiger partial charge < -0.3 is 0 Å². The zero-order chi connectivity index (χ0) is 19.0. The minimum Gasteiger partial charge on any atom is -0.292 e. The number of piperidine rings is 1. The third kappa shape index (κ3) is 3.21. The van der Waals surface area contributed by atoms with Crippen molar-refractivity contribution >= 4 is 23.0 Å². The highest BCUT2D eigenvalue weighted by atomic mass is 19.1. The van der Waals surface area contributed by atoms with E-state index in [1.54, 1.807) is 24.3 Å². The van der Waals surface area contributed by atoms with Crippen molar-refractivity contribution in [3.05, 3.63) is 65.2 Å². The molecule has 0 N–H and O–H groups in total. The van der Waals surface area contributed by atoms with Crippen molar-refractivity contribution in [2.45, 2.75) is 25.3 Å². The standard InChI is InChI=1S/C21H18F2N2O2/c22-13-8-9-17(16(23)12-13)24-18-19(25-10-4-1-5-11-25)21(27)15-7-3-2-6-14(15)20(18)26/h2-3,6-9,12,19H,1,4-5,10-11H2. The molecule has 0 aromatic heterocycles. The molecule has 0 amide bonds. The molecule has 27 heavy (non-hydrogen) atoms. The van der Waals surface area contributed by atoms with Gasteiger partial charge in [-0.05, 0) is 38.1 Å². The number of carbonyl (C=O) groups excluding carboxylic acids is 2. The second kappa shape index (κ2) is 7.12. The maximum absolute atomic E-state index is 14.1. The van der Waals surface area contributed by atoms with E-state index in [2.05, 4.69) is 4.99 Å². The van der Waals surface area contributed by atoms with Crippen molar-refractivity contribution in [3.63, 3.8) is 0 Å². The van der Waals surface area contributed by atoms with Crippen molar-refractivity contribution in [2.24, 2.45) is 4.99 Å². The van der Waals surface area contributed by atoms with Crippen molar-refractivity contribution in [2.75, 3.05) is 13.1 Å². The number of fused-ring (bicyclic) bond motifs is 1. The molecule has 1 fully saturated rings. The van der Waals surface area contributed by atoms with Crippen molar-refractivity contribution in [1.82, 2.24) is 4.90 Å². The molecule has 0 radical (unpaired) electrons. The molecule has 1 aliphatic carbocycles. The third-order valence-corrected chi connectivity index (χ3v) is 5.08. The number of ketones is 2. The fourth-order valence-electron chi connectivity index (χ4n) is 3.76. The van der Waals surface area contributed by atoms with Gasteiger partial charge in [-0.25, -0.2) is 13.8 Å². The first-order valence-corrected chi connectivity index (χ1v) is 9.02. The lowest BCUT2D eigenvalue weighted by molar-refractivity contribution is 0.0831. The Balaban J connectivity index is 1.86. The number of hydrogen-bond acceptors (Lipinski definition) is 4. The number of Topliss-reactive ketones (excluding diaryl/α,β-unsaturated/α-hetero) is 2. The molecular weight excluding hydrogens is 350 g/mol. The summed E-state index contributed by atoms with van der Waals surface area (Å²) < 4.78 is 27.3. The average Bonchev–Trinajstić information content (AvgIpc) is 2.68. The molecule has 4 nitrogen and oxygen atoms in total. The molecule has 2 aromatic carbocycles. The van der Waals surface area contributed by atoms with Crippen LogP contribution in [0.4, 0.5) is 14.5 Å². The number of rotatable bonds is 2. The Morgan fingerprint density at radius 3 is 2.33 bits per heavy atom. The zero-order valence-corrected chi connectivity index (χ0v) is 14.6. The lowest BCUT2D eigenvalue weighted by atomic mass is 9.83. The summed E-state index contributed by atoms with van der Waals surface area (Å²) in [5.74, 6) is -2.17. The van der Waals surface area contributed by atoms with Crippen LogP contribution in [-0.4, -0.2) is 41.3 Å². The third-order valence-electron chi connectivity index (χ3n) is 5.08. The summed E-state index contributed by atoms with van der Waals surface area (Å²) in [6.45, 7) is 1.35. The van der Waals surface area contributed by atoms with Crippen LogP contribution in [0.1, 0.15) is 40.0 Å². The lowest BCUT2D eigenvalue weighted by Gasteiger charge is -2.36. The maximum Gasteiger partial charge on any atom is 0.210 e. The molecule has 138 valence electrons. The quantitative estimate of drug-likeness (QED) is 0.806. The Morgan fingerprint density at radius 1 is 0.926 bits per heavy atom. The van der Waals surface area contributed by atoms with E-state index in [1.807, 2.05) is 4.90 Å². The number of aliphatic imine (C=N–C) groups is 1. The van der Waals surface area contributed by atoms with E-state index in [1.165, 1.54) is 6.07 Å². The Hall–Kier alpha value is -2.73. The minimum atomic E-state index is -0.862. The maximum atomic E-state index is 14.1. The van der Waals surface area contributed by atoms with Crippen LogP contribution in [0.5, 0.6) is 0 Å². The summed E-state index contributed by atoms with van der Waals surface area (Å²) in [4.78, 5) is 32.4. The van der Waals surface area contributed by atoms with Crippen LogP contribution >= 0.6 is 0 Å². The number of hydrogen-bond donors (Lipinski definition) is 0. The van der Waals surface area contributed by atoms with E-state index in [9.17, 15) is 18.4 Å². The summed E-state index contributed by atoms with van der Waals surface area (Å²) in [6, 6.07) is 8.78. The zero-order valence-electron chi connectivity index (χ0n) is 14.6. The molecule has 0 bridgehead atoms. The smallest absolute Gasteiger partial charge is 0.210 e. The molecule has 6 heteroatoms. The highest BCUT2D eigenvalue weighted by Crippen LogP contribution is 2.28. The van der Waals surface area contributed by atoms with Gasteiger partial charge in [0.2, 0.25) is 5.78 Å². The second-order valence-corrected chi connectivity index (χ2v) is 6.83. The van der Waals surface area contributed by atoms with Gasteiger partial charge in [0.1, 0.15) is 17.6 Å². The Labute approximate surface area is 155 Å². The first-order chi connectivity index (χ1) is 13.1. The molecule has 1 saturated heterocycles. The monoisotopic (exact) mass is 368 g/mol. The largest absolute Gasteiger partial charge is 0.292 e. The van der Waals surface area contributed by atoms with Gasteiger partial charge in [0, 0.05) is 17.2 Å². The van der Waals surface area contributed by atoms with Crippen LogP contribution in [-0.2, 0) is 0 Å². The minimum absolute atomic E-state index is 0.00566. The molecule has 1 heterocycles. The molecule has 2 aromatic rings. The van der Waals surface area contributed by atoms with E-state index in [-0.39, 0.29) is 28.5 Å². The van der Waals surface area contributed by atoms with Gasteiger partial charge in [-0.15, -0.1) is 0 Å². The number of halogens is 2. The molecule has 0 saturated carbocycles. The summed E-state index contributed by atoms with van der Waals surface area (Å²) in [6.07, 6.45) is 2.93. The second-order valence-electron chi connectivity index (χ2n) is 6.83. The van der Waals surface area contributed by atoms with Crippen LogP contribution < -0.4 is 0 Å². The van der Waals surface area contributed by atoms with Gasteiger partial charge in [-0.3, -0.25) is 14.5 Å². The van der Waals surface area contributed by atoms with Crippen molar-refractivity contribution < 1.29 is 18.4 Å². The van der Waals surface area contributed by atoms with Crippen LogP contribution in [0.2, 0.25) is 0 Å². The van der Waals surface area contributed by atoms with E-state index >= 15 is 0 Å². The number of carbonyl (C=O) groups is 2. The van der Waals surface area contributed by atoms with Crippen LogP contribution in [0, 0.1) is 11.6 Å². The van der Waals surface area contributed by atoms with Gasteiger partial charge in [0.15, 0.2) is 11.6 Å². The molecule has 1 atom stereocenters. The highest BCUT2D eigenvalue weighted by Gasteiger charge is 2.42. The average molecular weight is 368 g/mol. The van der Waals surface area contributed by atoms with Crippen molar-refractivity contribution in [3.8, 4) is 0 Å². The molecule has 2 aliphatic rings. The Bertz CT molecular complexity index is 949. The normalized spacial score (nSPS) is 22.1. The molecule has 1 aliphatic heterocycles. The predicted molar refractivity (Wildman–Crippen MR) is 97.8 cm³/mol. The number of benzene rings is 2. The molecule has 4 rings (SSSR count). The molecule has 1 unspecified atom stereocenters. The molecule has 0 spiro atoms. The Kier molecular flexibility index (Phi) is 4.66. The first-order valence-electron chi connectivity index (χ1n) is 9.02. The SMILES string of the molecule is O=C1C(=Nc2ccc(F)cc2F)C(N2CCCCC2)C(=O)c2ccccc21. The first kappa shape index (κ1) is 17.7. The number of likely N-dealkylation sites (tertiary alicyclic amines) is 1. The highest BCUT2D eigenvalue weighted by molar-refractivity contribution is 6.55. The molecular formula is C21H18F2N2O2. The van der Waals surface area contributed by atoms with Gasteiger partial charge >= 0.3 is 0 Å². The van der Waals surface area contributed by atoms with Gasteiger partial charge in [0.25, 0.3) is 0 Å². The fraction of sp³-hybridized carbons (Fsp3) is 0.286. The van der Waals surface area contributed by atoms with Crippen LogP contribution in [0.25, 0.3) is 0 Å². The van der Waals surface area contributed by atoms with Crippen molar-refractivity contribution in [1.29, 1.82) is 0 Å². The van der Waals surface area contributed by atoms with E-state index in [0.29, 0.717) is 18.7 Å².